The molecule has 1 aromatic heterocycles. The van der Waals surface area contributed by atoms with Crippen molar-refractivity contribution < 1.29 is 13.2 Å². The van der Waals surface area contributed by atoms with Gasteiger partial charge in [-0.2, -0.15) is 4.31 Å². The van der Waals surface area contributed by atoms with Crippen LogP contribution in [0.1, 0.15) is 38.1 Å². The smallest absolute Gasteiger partial charge is 0.252 e. The van der Waals surface area contributed by atoms with Gasteiger partial charge in [0.15, 0.2) is 0 Å². The fourth-order valence-electron chi connectivity index (χ4n) is 2.70. The summed E-state index contributed by atoms with van der Waals surface area (Å²) in [7, 11) is -3.69. The van der Waals surface area contributed by atoms with Crippen molar-refractivity contribution in [3.8, 4) is 0 Å². The number of sulfonamides is 1. The van der Waals surface area contributed by atoms with Gasteiger partial charge in [0, 0.05) is 42.1 Å². The van der Waals surface area contributed by atoms with Gasteiger partial charge in [0.1, 0.15) is 0 Å². The number of carbonyl (C=O) groups excluding carboxylic acids is 1. The van der Waals surface area contributed by atoms with Crippen LogP contribution in [0.3, 0.4) is 0 Å². The Hall–Kier alpha value is -2.23. The van der Waals surface area contributed by atoms with Gasteiger partial charge in [-0.3, -0.25) is 9.59 Å². The highest BCUT2D eigenvalue weighted by Crippen LogP contribution is 2.22. The van der Waals surface area contributed by atoms with Crippen molar-refractivity contribution in [1.29, 1.82) is 0 Å². The van der Waals surface area contributed by atoms with E-state index in [1.807, 2.05) is 0 Å². The molecule has 1 amide bonds. The number of nitrogens with two attached hydrogens (primary N) is 1. The number of pyridine rings is 1. The lowest BCUT2D eigenvalue weighted by Gasteiger charge is -2.20. The first kappa shape index (κ1) is 21.1. The maximum atomic E-state index is 12.8. The second-order valence-corrected chi connectivity index (χ2v) is 8.95. The van der Waals surface area contributed by atoms with Crippen molar-refractivity contribution in [3.63, 3.8) is 0 Å². The van der Waals surface area contributed by atoms with Gasteiger partial charge in [-0.1, -0.05) is 13.8 Å². The van der Waals surface area contributed by atoms with Crippen LogP contribution in [0.2, 0.25) is 0 Å². The molecule has 0 saturated carbocycles. The minimum Gasteiger partial charge on any atom is -0.350 e. The predicted octanol–water partition coefficient (Wildman–Crippen LogP) is 1.03. The summed E-state index contributed by atoms with van der Waals surface area (Å²) in [6.07, 6.45) is 0. The Labute approximate surface area is 158 Å². The predicted molar refractivity (Wildman–Crippen MR) is 105 cm³/mol. The van der Waals surface area contributed by atoms with Gasteiger partial charge in [-0.05, 0) is 32.0 Å². The topological polar surface area (TPSA) is 125 Å². The maximum Gasteiger partial charge on any atom is 0.252 e. The number of carbonyl (C=O) groups is 1. The maximum absolute atomic E-state index is 12.8. The average molecular weight is 394 g/mol. The first-order chi connectivity index (χ1) is 12.5. The number of hydrogen-bond donors (Lipinski definition) is 3. The van der Waals surface area contributed by atoms with Crippen molar-refractivity contribution in [1.82, 2.24) is 14.6 Å². The summed E-state index contributed by atoms with van der Waals surface area (Å²) < 4.78 is 26.9. The first-order valence-electron chi connectivity index (χ1n) is 8.74. The van der Waals surface area contributed by atoms with Crippen LogP contribution >= 0.6 is 0 Å². The molecule has 0 unspecified atom stereocenters. The monoisotopic (exact) mass is 394 g/mol. The molecular weight excluding hydrogens is 368 g/mol. The molecule has 8 nitrogen and oxygen atoms in total. The molecule has 1 aromatic carbocycles. The van der Waals surface area contributed by atoms with E-state index in [2.05, 4.69) is 10.3 Å². The third kappa shape index (κ3) is 4.74. The lowest BCUT2D eigenvalue weighted by molar-refractivity contribution is 0.0947. The van der Waals surface area contributed by atoms with E-state index in [1.54, 1.807) is 27.7 Å². The highest BCUT2D eigenvalue weighted by atomic mass is 32.2. The van der Waals surface area contributed by atoms with E-state index in [4.69, 9.17) is 5.73 Å². The molecule has 148 valence electrons. The van der Waals surface area contributed by atoms with Crippen LogP contribution in [0, 0.1) is 0 Å². The van der Waals surface area contributed by atoms with Crippen LogP contribution in [0.4, 0.5) is 0 Å². The van der Waals surface area contributed by atoms with Gasteiger partial charge in [0.05, 0.1) is 10.5 Å². The molecule has 27 heavy (non-hydrogen) atoms. The number of amides is 1. The second kappa shape index (κ2) is 7.79. The van der Waals surface area contributed by atoms with Gasteiger partial charge >= 0.3 is 0 Å². The van der Waals surface area contributed by atoms with Gasteiger partial charge in [-0.15, -0.1) is 0 Å². The minimum atomic E-state index is -3.69. The number of H-pyrrole nitrogens is 1. The summed E-state index contributed by atoms with van der Waals surface area (Å²) >= 11 is 0. The Morgan fingerprint density at radius 1 is 1.22 bits per heavy atom. The lowest BCUT2D eigenvalue weighted by Crippen LogP contribution is -2.45. The summed E-state index contributed by atoms with van der Waals surface area (Å²) in [5.74, 6) is -0.484. The highest BCUT2D eigenvalue weighted by Gasteiger charge is 2.23. The Morgan fingerprint density at radius 3 is 2.41 bits per heavy atom. The molecule has 0 fully saturated rings. The Morgan fingerprint density at radius 2 is 1.85 bits per heavy atom. The summed E-state index contributed by atoms with van der Waals surface area (Å²) in [4.78, 5) is 27.2. The van der Waals surface area contributed by atoms with Crippen molar-refractivity contribution in [2.24, 2.45) is 5.73 Å². The molecule has 0 aliphatic carbocycles. The molecule has 2 aromatic rings. The van der Waals surface area contributed by atoms with Crippen molar-refractivity contribution in [2.45, 2.75) is 38.1 Å². The van der Waals surface area contributed by atoms with Crippen LogP contribution in [-0.2, 0) is 10.0 Å². The molecule has 0 bridgehead atoms. The number of hydrogen-bond acceptors (Lipinski definition) is 5. The van der Waals surface area contributed by atoms with Crippen LogP contribution in [-0.4, -0.2) is 48.8 Å². The largest absolute Gasteiger partial charge is 0.350 e. The van der Waals surface area contributed by atoms with Crippen molar-refractivity contribution >= 4 is 26.8 Å². The Kier molecular flexibility index (Phi) is 6.08. The fourth-order valence-corrected chi connectivity index (χ4v) is 4.18. The molecule has 9 heteroatoms. The van der Waals surface area contributed by atoms with E-state index >= 15 is 0 Å². The third-order valence-corrected chi connectivity index (χ3v) is 6.15. The molecule has 1 heterocycles. The summed E-state index contributed by atoms with van der Waals surface area (Å²) in [5.41, 5.74) is 5.31. The number of fused-ring (bicyclic) bond motifs is 1. The summed E-state index contributed by atoms with van der Waals surface area (Å²) in [6.45, 7) is 7.91. The summed E-state index contributed by atoms with van der Waals surface area (Å²) in [5, 5.41) is 3.04. The molecular formula is C18H26N4O4S. The van der Waals surface area contributed by atoms with E-state index in [1.165, 1.54) is 22.5 Å². The van der Waals surface area contributed by atoms with E-state index in [0.29, 0.717) is 24.0 Å². The van der Waals surface area contributed by atoms with Gasteiger partial charge in [0.25, 0.3) is 5.91 Å². The van der Waals surface area contributed by atoms with Gasteiger partial charge in [-0.25, -0.2) is 8.42 Å². The van der Waals surface area contributed by atoms with Crippen molar-refractivity contribution in [2.75, 3.05) is 19.6 Å². The number of rotatable bonds is 7. The second-order valence-electron chi connectivity index (χ2n) is 7.02. The van der Waals surface area contributed by atoms with Gasteiger partial charge < -0.3 is 16.0 Å². The van der Waals surface area contributed by atoms with E-state index < -0.39 is 27.0 Å². The standard InChI is InChI=1S/C18H26N4O4S/c1-5-22(6-2)27(25,26)12-7-8-15-13(9-12)14(10-16(23)21-15)17(24)20-11-18(3,4)19/h7-10H,5-6,11,19H2,1-4H3,(H,20,24)(H,21,23). The highest BCUT2D eigenvalue weighted by molar-refractivity contribution is 7.89. The van der Waals surface area contributed by atoms with Crippen LogP contribution < -0.4 is 16.6 Å². The molecule has 0 aliphatic rings. The number of nitrogens with zero attached hydrogens (tertiary/aromatic N) is 1. The SMILES string of the molecule is CCN(CC)S(=O)(=O)c1ccc2[nH]c(=O)cc(C(=O)NCC(C)(C)N)c2c1. The number of aromatic amines is 1. The quantitative estimate of drug-likeness (QED) is 0.647. The normalized spacial score (nSPS) is 12.5. The molecule has 0 spiro atoms. The van der Waals surface area contributed by atoms with E-state index in [9.17, 15) is 18.0 Å². The molecule has 0 atom stereocenters. The first-order valence-corrected chi connectivity index (χ1v) is 10.2. The minimum absolute atomic E-state index is 0.0685. The zero-order valence-corrected chi connectivity index (χ0v) is 16.8. The number of benzene rings is 1. The Balaban J connectivity index is 2.58. The lowest BCUT2D eigenvalue weighted by atomic mass is 10.1. The average Bonchev–Trinajstić information content (AvgIpc) is 2.58. The molecule has 0 saturated heterocycles. The van der Waals surface area contributed by atoms with E-state index in [0.717, 1.165) is 6.07 Å². The molecule has 0 aliphatic heterocycles. The van der Waals surface area contributed by atoms with E-state index in [-0.39, 0.29) is 17.0 Å². The third-order valence-electron chi connectivity index (χ3n) is 4.11. The summed E-state index contributed by atoms with van der Waals surface area (Å²) in [6, 6.07) is 5.50. The van der Waals surface area contributed by atoms with Gasteiger partial charge in [0.2, 0.25) is 15.6 Å². The zero-order chi connectivity index (χ0) is 20.4. The Bertz CT molecular complexity index is 1000. The molecule has 2 rings (SSSR count). The van der Waals surface area contributed by atoms with Crippen LogP contribution in [0.5, 0.6) is 0 Å². The fraction of sp³-hybridized carbons (Fsp3) is 0.444. The van der Waals surface area contributed by atoms with Crippen LogP contribution in [0.25, 0.3) is 10.9 Å². The number of nitrogens with one attached hydrogen (secondary N) is 2. The van der Waals surface area contributed by atoms with Crippen LogP contribution in [0.15, 0.2) is 34.0 Å². The zero-order valence-electron chi connectivity index (χ0n) is 16.0. The number of aromatic nitrogens is 1. The molecule has 0 radical (unpaired) electrons. The molecule has 4 N–H and O–H groups in total. The van der Waals surface area contributed by atoms with Crippen molar-refractivity contribution in [3.05, 3.63) is 40.2 Å².